The van der Waals surface area contributed by atoms with Crippen molar-refractivity contribution in [2.45, 2.75) is 82.6 Å². The van der Waals surface area contributed by atoms with Crippen molar-refractivity contribution in [1.82, 2.24) is 20.0 Å². The van der Waals surface area contributed by atoms with Gasteiger partial charge in [-0.05, 0) is 63.6 Å². The summed E-state index contributed by atoms with van der Waals surface area (Å²) < 4.78 is 47.6. The molecule has 2 aliphatic heterocycles. The lowest BCUT2D eigenvalue weighted by Crippen LogP contribution is -2.57. The van der Waals surface area contributed by atoms with E-state index >= 15 is 0 Å². The van der Waals surface area contributed by atoms with Crippen LogP contribution < -0.4 is 10.2 Å². The fourth-order valence-corrected chi connectivity index (χ4v) is 6.72. The number of likely N-dealkylation sites (N-methyl/N-ethyl adjacent to an activating group) is 1. The van der Waals surface area contributed by atoms with E-state index in [4.69, 9.17) is 9.84 Å². The number of aromatic nitrogens is 2. The molecular formula is C31H39F3N6O4. The predicted octanol–water partition coefficient (Wildman–Crippen LogP) is 4.92. The van der Waals surface area contributed by atoms with Crippen LogP contribution in [0.5, 0.6) is 0 Å². The minimum atomic E-state index is -4.64. The quantitative estimate of drug-likeness (QED) is 0.472. The van der Waals surface area contributed by atoms with E-state index in [9.17, 15) is 32.8 Å². The highest BCUT2D eigenvalue weighted by Crippen LogP contribution is 2.49. The van der Waals surface area contributed by atoms with Gasteiger partial charge >= 0.3 is 6.18 Å². The Kier molecular flexibility index (Phi) is 9.02. The minimum Gasteiger partial charge on any atom is -0.381 e. The average Bonchev–Trinajstić information content (AvgIpc) is 3.69. The van der Waals surface area contributed by atoms with Crippen LogP contribution in [-0.2, 0) is 15.7 Å². The van der Waals surface area contributed by atoms with Crippen molar-refractivity contribution in [2.75, 3.05) is 31.7 Å². The summed E-state index contributed by atoms with van der Waals surface area (Å²) in [5.74, 6) is -1.90. The fraction of sp³-hybridized carbons (Fsp3) is 0.581. The highest BCUT2D eigenvalue weighted by Gasteiger charge is 2.50. The van der Waals surface area contributed by atoms with E-state index in [2.05, 4.69) is 11.4 Å². The van der Waals surface area contributed by atoms with Crippen LogP contribution in [0.4, 0.5) is 19.0 Å². The summed E-state index contributed by atoms with van der Waals surface area (Å²) >= 11 is 0. The van der Waals surface area contributed by atoms with E-state index in [1.807, 2.05) is 0 Å². The van der Waals surface area contributed by atoms with Gasteiger partial charge in [-0.25, -0.2) is 4.68 Å². The van der Waals surface area contributed by atoms with Crippen LogP contribution in [0, 0.1) is 17.2 Å². The Balaban J connectivity index is 0.00000461. The van der Waals surface area contributed by atoms with E-state index in [0.717, 1.165) is 43.9 Å². The number of nitriles is 1. The number of nitrogens with zero attached hydrogens (tertiary/aromatic N) is 5. The molecule has 0 unspecified atom stereocenters. The molecule has 1 aliphatic carbocycles. The van der Waals surface area contributed by atoms with Gasteiger partial charge in [-0.1, -0.05) is 18.9 Å². The van der Waals surface area contributed by atoms with Gasteiger partial charge in [-0.15, -0.1) is 0 Å². The summed E-state index contributed by atoms with van der Waals surface area (Å²) in [6.07, 6.45) is -0.0836. The number of ether oxygens (including phenoxy) is 1. The van der Waals surface area contributed by atoms with Crippen LogP contribution in [0.3, 0.4) is 0 Å². The average molecular weight is 617 g/mol. The van der Waals surface area contributed by atoms with Crippen LogP contribution in [0.1, 0.15) is 97.7 Å². The van der Waals surface area contributed by atoms with Crippen molar-refractivity contribution < 1.29 is 33.7 Å². The van der Waals surface area contributed by atoms with Crippen molar-refractivity contribution in [2.24, 2.45) is 5.92 Å². The molecule has 3 aliphatic rings. The molecule has 0 bridgehead atoms. The van der Waals surface area contributed by atoms with Gasteiger partial charge in [-0.3, -0.25) is 19.3 Å². The van der Waals surface area contributed by atoms with Gasteiger partial charge in [0.1, 0.15) is 17.9 Å². The predicted molar refractivity (Wildman–Crippen MR) is 156 cm³/mol. The third-order valence-corrected chi connectivity index (χ3v) is 9.19. The smallest absolute Gasteiger partial charge is 0.381 e. The lowest BCUT2D eigenvalue weighted by molar-refractivity contribution is -0.137. The molecule has 13 heteroatoms. The van der Waals surface area contributed by atoms with Crippen molar-refractivity contribution in [3.05, 3.63) is 46.6 Å². The SMILES string of the molecule is CCN1C(=O)[C@@H](NC(=O)c2cccc(C(F)(F)F)c2)[C@@H](C2CCCC2)c2c(C(=O)N(C)[C@@H](C)C#N)nn(C3CCOCC3)c21.[HH]. The summed E-state index contributed by atoms with van der Waals surface area (Å²) in [6, 6.07) is 4.15. The molecule has 1 aromatic carbocycles. The third-order valence-electron chi connectivity index (χ3n) is 9.19. The van der Waals surface area contributed by atoms with Crippen LogP contribution >= 0.6 is 0 Å². The zero-order chi connectivity index (χ0) is 31.8. The molecule has 44 heavy (non-hydrogen) atoms. The summed E-state index contributed by atoms with van der Waals surface area (Å²) in [5, 5.41) is 17.2. The van der Waals surface area contributed by atoms with Gasteiger partial charge in [0.25, 0.3) is 17.7 Å². The van der Waals surface area contributed by atoms with E-state index in [1.54, 1.807) is 18.5 Å². The Hall–Kier alpha value is -3.92. The first-order valence-electron chi connectivity index (χ1n) is 15.1. The molecule has 2 fully saturated rings. The molecule has 3 atom stereocenters. The Morgan fingerprint density at radius 3 is 2.52 bits per heavy atom. The maximum atomic E-state index is 14.3. The number of fused-ring (bicyclic) bond motifs is 1. The number of hydrogen-bond acceptors (Lipinski definition) is 6. The van der Waals surface area contributed by atoms with Gasteiger partial charge < -0.3 is 15.0 Å². The molecule has 1 saturated carbocycles. The third kappa shape index (κ3) is 5.79. The first-order chi connectivity index (χ1) is 21.0. The summed E-state index contributed by atoms with van der Waals surface area (Å²) in [4.78, 5) is 44.7. The molecule has 1 N–H and O–H groups in total. The summed E-state index contributed by atoms with van der Waals surface area (Å²) in [5.41, 5.74) is -0.521. The Morgan fingerprint density at radius 1 is 1.23 bits per heavy atom. The number of carbonyl (C=O) groups excluding carboxylic acids is 3. The zero-order valence-corrected chi connectivity index (χ0v) is 25.1. The first-order valence-corrected chi connectivity index (χ1v) is 15.1. The molecule has 1 saturated heterocycles. The van der Waals surface area contributed by atoms with Gasteiger partial charge in [0, 0.05) is 45.3 Å². The molecule has 3 heterocycles. The van der Waals surface area contributed by atoms with Crippen LogP contribution in [0.15, 0.2) is 24.3 Å². The van der Waals surface area contributed by atoms with Gasteiger partial charge in [0.2, 0.25) is 0 Å². The molecule has 1 aromatic heterocycles. The lowest BCUT2D eigenvalue weighted by Gasteiger charge is -2.41. The zero-order valence-electron chi connectivity index (χ0n) is 25.1. The van der Waals surface area contributed by atoms with E-state index in [1.165, 1.54) is 22.9 Å². The van der Waals surface area contributed by atoms with Crippen molar-refractivity contribution in [1.29, 1.82) is 5.26 Å². The standard InChI is InChI=1S/C31H37F3N6O4.H2/c1-4-39-28-24(26(29(42)38(3)18(2)17-35)37-40(28)22-12-14-44-15-13-22)23(19-8-5-6-9-19)25(30(39)43)36-27(41)20-10-7-11-21(16-20)31(32,33)34;/h7,10-11,16,18-19,22-23,25H,4-6,8-9,12-15H2,1-3H3,(H,36,41);1H/t18-,23-,25-;/m0./s1. The fourth-order valence-electron chi connectivity index (χ4n) is 6.72. The van der Waals surface area contributed by atoms with E-state index < -0.39 is 47.5 Å². The van der Waals surface area contributed by atoms with Gasteiger partial charge in [0.15, 0.2) is 5.69 Å². The molecule has 10 nitrogen and oxygen atoms in total. The normalized spacial score (nSPS) is 21.9. The second-order valence-electron chi connectivity index (χ2n) is 11.8. The Bertz CT molecular complexity index is 1460. The maximum Gasteiger partial charge on any atom is 0.416 e. The minimum absolute atomic E-state index is 0. The molecule has 2 aromatic rings. The number of halogens is 3. The number of carbonyl (C=O) groups is 3. The summed E-state index contributed by atoms with van der Waals surface area (Å²) in [6.45, 7) is 4.60. The lowest BCUT2D eigenvalue weighted by atomic mass is 9.76. The van der Waals surface area contributed by atoms with Crippen LogP contribution in [-0.4, -0.2) is 71.3 Å². The molecule has 238 valence electrons. The second kappa shape index (κ2) is 12.6. The van der Waals surface area contributed by atoms with E-state index in [0.29, 0.717) is 37.4 Å². The van der Waals surface area contributed by atoms with Crippen LogP contribution in [0.2, 0.25) is 0 Å². The van der Waals surface area contributed by atoms with E-state index in [-0.39, 0.29) is 31.2 Å². The topological polar surface area (TPSA) is 121 Å². The molecule has 5 rings (SSSR count). The number of alkyl halides is 3. The molecular weight excluding hydrogens is 577 g/mol. The number of benzene rings is 1. The van der Waals surface area contributed by atoms with Crippen molar-refractivity contribution in [3.8, 4) is 6.07 Å². The number of rotatable bonds is 7. The Labute approximate surface area is 255 Å². The second-order valence-corrected chi connectivity index (χ2v) is 11.8. The Morgan fingerprint density at radius 2 is 1.91 bits per heavy atom. The van der Waals surface area contributed by atoms with Gasteiger partial charge in [0.05, 0.1) is 17.7 Å². The summed E-state index contributed by atoms with van der Waals surface area (Å²) in [7, 11) is 1.53. The number of nitrogens with one attached hydrogen (secondary N) is 1. The monoisotopic (exact) mass is 616 g/mol. The molecule has 0 radical (unpaired) electrons. The first kappa shape index (κ1) is 31.5. The number of hydrogen-bond donors (Lipinski definition) is 1. The number of anilines is 1. The van der Waals surface area contributed by atoms with Gasteiger partial charge in [-0.2, -0.15) is 23.5 Å². The number of amides is 3. The molecule has 0 spiro atoms. The van der Waals surface area contributed by atoms with Crippen LogP contribution in [0.25, 0.3) is 0 Å². The largest absolute Gasteiger partial charge is 0.416 e. The molecule has 3 amide bonds. The van der Waals surface area contributed by atoms with Crippen molar-refractivity contribution in [3.63, 3.8) is 0 Å². The van der Waals surface area contributed by atoms with Crippen molar-refractivity contribution >= 4 is 23.5 Å². The highest BCUT2D eigenvalue weighted by atomic mass is 19.4. The maximum absolute atomic E-state index is 14.3. The highest BCUT2D eigenvalue weighted by molar-refractivity contribution is 6.07.